The highest BCUT2D eigenvalue weighted by molar-refractivity contribution is 7.89. The molecule has 0 aliphatic rings. The molecule has 8 heteroatoms. The van der Waals surface area contributed by atoms with E-state index < -0.39 is 15.9 Å². The number of carbonyl (C=O) groups excluding carboxylic acids is 1. The smallest absolute Gasteiger partial charge is 0.276 e. The number of fused-ring (bicyclic) bond motifs is 3. The Morgan fingerprint density at radius 3 is 2.48 bits per heavy atom. The van der Waals surface area contributed by atoms with Gasteiger partial charge in [0.05, 0.1) is 9.77 Å². The molecule has 6 nitrogen and oxygen atoms in total. The van der Waals surface area contributed by atoms with E-state index in [1.165, 1.54) is 23.5 Å². The van der Waals surface area contributed by atoms with Crippen molar-refractivity contribution in [3.8, 4) is 0 Å². The van der Waals surface area contributed by atoms with Crippen molar-refractivity contribution in [2.75, 3.05) is 0 Å². The summed E-state index contributed by atoms with van der Waals surface area (Å²) in [6.07, 6.45) is 0. The maximum absolute atomic E-state index is 12.5. The first-order chi connectivity index (χ1) is 12.9. The van der Waals surface area contributed by atoms with Gasteiger partial charge in [-0.05, 0) is 31.2 Å². The van der Waals surface area contributed by atoms with Crippen LogP contribution >= 0.6 is 11.3 Å². The monoisotopic (exact) mass is 399 g/mol. The molecule has 0 bridgehead atoms. The fourth-order valence-electron chi connectivity index (χ4n) is 2.99. The molecular weight excluding hydrogens is 382 g/mol. The lowest BCUT2D eigenvalue weighted by Crippen LogP contribution is -2.41. The molecule has 0 fully saturated rings. The fraction of sp³-hybridized carbons (Fsp3) is 0.105. The fourth-order valence-corrected chi connectivity index (χ4v) is 4.87. The molecule has 0 spiro atoms. The van der Waals surface area contributed by atoms with Gasteiger partial charge in [0.2, 0.25) is 0 Å². The van der Waals surface area contributed by atoms with E-state index in [4.69, 9.17) is 0 Å². The molecule has 2 aromatic heterocycles. The van der Waals surface area contributed by atoms with E-state index >= 15 is 0 Å². The average Bonchev–Trinajstić information content (AvgIpc) is 3.20. The lowest BCUT2D eigenvalue weighted by molar-refractivity contribution is 0.0949. The predicted octanol–water partition coefficient (Wildman–Crippen LogP) is 3.32. The largest absolute Gasteiger partial charge is 0.335 e. The minimum absolute atomic E-state index is 0.0933. The first-order valence-corrected chi connectivity index (χ1v) is 10.5. The van der Waals surface area contributed by atoms with Crippen molar-refractivity contribution in [2.45, 2.75) is 11.8 Å². The summed E-state index contributed by atoms with van der Waals surface area (Å²) in [5.41, 5.74) is 4.34. The second-order valence-corrected chi connectivity index (χ2v) is 8.99. The number of thiophene rings is 1. The Balaban J connectivity index is 1.58. The van der Waals surface area contributed by atoms with Gasteiger partial charge in [0.1, 0.15) is 4.83 Å². The Kier molecular flexibility index (Phi) is 4.26. The molecule has 2 heterocycles. The highest BCUT2D eigenvalue weighted by atomic mass is 32.2. The quantitative estimate of drug-likeness (QED) is 0.517. The van der Waals surface area contributed by atoms with Crippen LogP contribution in [0, 0.1) is 6.92 Å². The maximum atomic E-state index is 12.5. The Morgan fingerprint density at radius 1 is 1.04 bits per heavy atom. The van der Waals surface area contributed by atoms with Crippen LogP contribution in [0.3, 0.4) is 0 Å². The van der Waals surface area contributed by atoms with E-state index in [1.807, 2.05) is 42.8 Å². The standard InChI is InChI=1S/C19H17N3O3S2/c1-12-7-9-13(10-8-12)27(24,25)21-20-18(23)17-11-15-14-5-3-4-6-16(14)22(2)19(15)26-17/h3-11,21H,1-2H3,(H,20,23). The summed E-state index contributed by atoms with van der Waals surface area (Å²) in [6.45, 7) is 1.87. The van der Waals surface area contributed by atoms with Crippen LogP contribution in [0.4, 0.5) is 0 Å². The van der Waals surface area contributed by atoms with Crippen LogP contribution < -0.4 is 10.3 Å². The van der Waals surface area contributed by atoms with Crippen molar-refractivity contribution in [3.05, 3.63) is 65.0 Å². The van der Waals surface area contributed by atoms with E-state index in [1.54, 1.807) is 18.2 Å². The number of sulfonamides is 1. The topological polar surface area (TPSA) is 80.2 Å². The number of amides is 1. The van der Waals surface area contributed by atoms with Gasteiger partial charge in [0.15, 0.2) is 0 Å². The van der Waals surface area contributed by atoms with Crippen molar-refractivity contribution in [3.63, 3.8) is 0 Å². The van der Waals surface area contributed by atoms with Crippen LogP contribution in [-0.2, 0) is 17.1 Å². The van der Waals surface area contributed by atoms with Gasteiger partial charge < -0.3 is 4.57 Å². The van der Waals surface area contributed by atoms with Crippen molar-refractivity contribution in [1.82, 2.24) is 14.8 Å². The number of hydrazine groups is 1. The number of aromatic nitrogens is 1. The Labute approximate surface area is 160 Å². The molecule has 0 saturated heterocycles. The zero-order valence-electron chi connectivity index (χ0n) is 14.7. The minimum Gasteiger partial charge on any atom is -0.335 e. The third kappa shape index (κ3) is 3.12. The van der Waals surface area contributed by atoms with Gasteiger partial charge in [-0.3, -0.25) is 10.2 Å². The van der Waals surface area contributed by atoms with Gasteiger partial charge in [-0.1, -0.05) is 35.9 Å². The van der Waals surface area contributed by atoms with Crippen LogP contribution in [0.1, 0.15) is 15.2 Å². The number of aryl methyl sites for hydroxylation is 2. The molecule has 0 atom stereocenters. The first-order valence-electron chi connectivity index (χ1n) is 8.22. The summed E-state index contributed by atoms with van der Waals surface area (Å²) in [5, 5.41) is 2.04. The summed E-state index contributed by atoms with van der Waals surface area (Å²) < 4.78 is 26.6. The summed E-state index contributed by atoms with van der Waals surface area (Å²) in [7, 11) is -1.87. The van der Waals surface area contributed by atoms with Crippen LogP contribution in [-0.4, -0.2) is 18.9 Å². The van der Waals surface area contributed by atoms with Crippen LogP contribution in [0.25, 0.3) is 21.1 Å². The molecule has 0 saturated carbocycles. The number of hydrogen-bond donors (Lipinski definition) is 2. The molecule has 0 aliphatic carbocycles. The Bertz CT molecular complexity index is 1270. The number of rotatable bonds is 4. The van der Waals surface area contributed by atoms with E-state index in [-0.39, 0.29) is 4.90 Å². The van der Waals surface area contributed by atoms with Crippen LogP contribution in [0.15, 0.2) is 59.5 Å². The predicted molar refractivity (Wildman–Crippen MR) is 107 cm³/mol. The third-order valence-corrected chi connectivity index (χ3v) is 6.90. The maximum Gasteiger partial charge on any atom is 0.276 e. The number of nitrogens with zero attached hydrogens (tertiary/aromatic N) is 1. The number of carbonyl (C=O) groups is 1. The lowest BCUT2D eigenvalue weighted by Gasteiger charge is -2.07. The van der Waals surface area contributed by atoms with Gasteiger partial charge in [-0.2, -0.15) is 0 Å². The average molecular weight is 399 g/mol. The van der Waals surface area contributed by atoms with Gasteiger partial charge in [-0.25, -0.2) is 8.42 Å². The number of para-hydroxylation sites is 1. The second-order valence-electron chi connectivity index (χ2n) is 6.28. The molecule has 0 radical (unpaired) electrons. The van der Waals surface area contributed by atoms with Crippen molar-refractivity contribution in [2.24, 2.45) is 7.05 Å². The van der Waals surface area contributed by atoms with Crippen LogP contribution in [0.5, 0.6) is 0 Å². The normalized spacial score (nSPS) is 11.9. The van der Waals surface area contributed by atoms with Gasteiger partial charge in [-0.15, -0.1) is 16.2 Å². The SMILES string of the molecule is Cc1ccc(S(=O)(=O)NNC(=O)c2cc3c4ccccc4n(C)c3s2)cc1. The van der Waals surface area contributed by atoms with Crippen molar-refractivity contribution in [1.29, 1.82) is 0 Å². The zero-order chi connectivity index (χ0) is 19.2. The molecule has 2 aromatic carbocycles. The van der Waals surface area contributed by atoms with Gasteiger partial charge in [0.25, 0.3) is 15.9 Å². The number of benzene rings is 2. The zero-order valence-corrected chi connectivity index (χ0v) is 16.3. The molecular formula is C19H17N3O3S2. The van der Waals surface area contributed by atoms with E-state index in [0.29, 0.717) is 4.88 Å². The molecule has 0 aliphatic heterocycles. The summed E-state index contributed by atoms with van der Waals surface area (Å²) >= 11 is 1.32. The lowest BCUT2D eigenvalue weighted by atomic mass is 10.2. The number of nitrogens with one attached hydrogen (secondary N) is 2. The summed E-state index contributed by atoms with van der Waals surface area (Å²) in [4.78, 5) is 16.1. The van der Waals surface area contributed by atoms with Gasteiger partial charge in [0, 0.05) is 23.3 Å². The highest BCUT2D eigenvalue weighted by Crippen LogP contribution is 2.34. The van der Waals surface area contributed by atoms with E-state index in [9.17, 15) is 13.2 Å². The van der Waals surface area contributed by atoms with Crippen molar-refractivity contribution < 1.29 is 13.2 Å². The molecule has 1 amide bonds. The highest BCUT2D eigenvalue weighted by Gasteiger charge is 2.19. The summed E-state index contributed by atoms with van der Waals surface area (Å²) in [5.74, 6) is -0.490. The van der Waals surface area contributed by atoms with E-state index in [0.717, 1.165) is 26.7 Å². The first kappa shape index (κ1) is 17.7. The Morgan fingerprint density at radius 2 is 1.74 bits per heavy atom. The van der Waals surface area contributed by atoms with E-state index in [2.05, 4.69) is 10.3 Å². The molecule has 27 heavy (non-hydrogen) atoms. The van der Waals surface area contributed by atoms with Crippen molar-refractivity contribution >= 4 is 48.4 Å². The molecule has 4 rings (SSSR count). The number of hydrogen-bond acceptors (Lipinski definition) is 4. The molecule has 138 valence electrons. The molecule has 4 aromatic rings. The van der Waals surface area contributed by atoms with Crippen LogP contribution in [0.2, 0.25) is 0 Å². The minimum atomic E-state index is -3.82. The Hall–Kier alpha value is -2.68. The third-order valence-electron chi connectivity index (χ3n) is 4.43. The second kappa shape index (κ2) is 6.49. The summed E-state index contributed by atoms with van der Waals surface area (Å²) in [6, 6.07) is 16.1. The van der Waals surface area contributed by atoms with Gasteiger partial charge >= 0.3 is 0 Å². The molecule has 0 unspecified atom stereocenters. The molecule has 2 N–H and O–H groups in total.